The van der Waals surface area contributed by atoms with Gasteiger partial charge < -0.3 is 10.4 Å². The van der Waals surface area contributed by atoms with Crippen LogP contribution >= 0.6 is 0 Å². The van der Waals surface area contributed by atoms with Crippen LogP contribution in [0.25, 0.3) is 0 Å². The molecule has 0 unspecified atom stereocenters. The first-order chi connectivity index (χ1) is 9.99. The Morgan fingerprint density at radius 1 is 1.43 bits per heavy atom. The van der Waals surface area contributed by atoms with Gasteiger partial charge >= 0.3 is 0 Å². The van der Waals surface area contributed by atoms with E-state index in [4.69, 9.17) is 0 Å². The van der Waals surface area contributed by atoms with Gasteiger partial charge in [-0.25, -0.2) is 0 Å². The Morgan fingerprint density at radius 2 is 2.05 bits per heavy atom. The number of para-hydroxylation sites is 2. The topological polar surface area (TPSA) is 95.7 Å². The monoisotopic (exact) mass is 293 g/mol. The predicted molar refractivity (Wildman–Crippen MR) is 78.0 cm³/mol. The molecule has 1 aliphatic heterocycles. The third-order valence-corrected chi connectivity index (χ3v) is 3.78. The number of nitro groups is 1. The predicted octanol–water partition coefficient (Wildman–Crippen LogP) is 1.38. The van der Waals surface area contributed by atoms with E-state index >= 15 is 0 Å². The lowest BCUT2D eigenvalue weighted by Gasteiger charge is -2.33. The van der Waals surface area contributed by atoms with Crippen molar-refractivity contribution in [3.8, 4) is 0 Å². The van der Waals surface area contributed by atoms with Gasteiger partial charge in [-0.2, -0.15) is 0 Å². The zero-order valence-corrected chi connectivity index (χ0v) is 11.9. The van der Waals surface area contributed by atoms with E-state index in [-0.39, 0.29) is 23.4 Å². The van der Waals surface area contributed by atoms with Crippen molar-refractivity contribution in [3.05, 3.63) is 34.4 Å². The zero-order valence-electron chi connectivity index (χ0n) is 11.9. The van der Waals surface area contributed by atoms with Crippen LogP contribution < -0.4 is 5.32 Å². The summed E-state index contributed by atoms with van der Waals surface area (Å²) in [7, 11) is 0. The van der Waals surface area contributed by atoms with Gasteiger partial charge in [-0.1, -0.05) is 12.1 Å². The van der Waals surface area contributed by atoms with Crippen LogP contribution in [0.1, 0.15) is 19.8 Å². The van der Waals surface area contributed by atoms with Gasteiger partial charge in [0.25, 0.3) is 5.69 Å². The van der Waals surface area contributed by atoms with Crippen molar-refractivity contribution in [3.63, 3.8) is 0 Å². The van der Waals surface area contributed by atoms with Gasteiger partial charge in [0.1, 0.15) is 5.69 Å². The number of nitro benzene ring substituents is 1. The molecule has 1 atom stereocenters. The fraction of sp³-hybridized carbons (Fsp3) is 0.500. The molecule has 0 aromatic heterocycles. The number of aliphatic hydroxyl groups is 1. The number of rotatable bonds is 4. The van der Waals surface area contributed by atoms with E-state index < -0.39 is 11.0 Å². The molecule has 0 spiro atoms. The zero-order chi connectivity index (χ0) is 15.4. The second kappa shape index (κ2) is 6.64. The summed E-state index contributed by atoms with van der Waals surface area (Å²) >= 11 is 0. The van der Waals surface area contributed by atoms with E-state index in [1.165, 1.54) is 12.1 Å². The first kappa shape index (κ1) is 15.4. The summed E-state index contributed by atoms with van der Waals surface area (Å²) < 4.78 is 0. The highest BCUT2D eigenvalue weighted by Crippen LogP contribution is 2.24. The van der Waals surface area contributed by atoms with Crippen LogP contribution in [0.4, 0.5) is 11.4 Å². The third kappa shape index (κ3) is 3.77. The highest BCUT2D eigenvalue weighted by atomic mass is 16.6. The van der Waals surface area contributed by atoms with Crippen molar-refractivity contribution in [1.82, 2.24) is 4.90 Å². The summed E-state index contributed by atoms with van der Waals surface area (Å²) in [5.41, 5.74) is 0.0866. The Morgan fingerprint density at radius 3 is 2.67 bits per heavy atom. The normalized spacial score (nSPS) is 18.2. The number of carbonyl (C=O) groups excluding carboxylic acids is 1. The lowest BCUT2D eigenvalue weighted by atomic mass is 10.1. The number of hydrogen-bond donors (Lipinski definition) is 2. The summed E-state index contributed by atoms with van der Waals surface area (Å²) in [4.78, 5) is 24.6. The maximum Gasteiger partial charge on any atom is 0.292 e. The molecule has 0 bridgehead atoms. The second-order valence-electron chi connectivity index (χ2n) is 5.21. The van der Waals surface area contributed by atoms with Crippen LogP contribution in [0.5, 0.6) is 0 Å². The SMILES string of the molecule is C[C@H](C(=O)Nc1ccccc1[N+](=O)[O-])N1CCC(O)CC1. The molecule has 7 nitrogen and oxygen atoms in total. The molecule has 2 N–H and O–H groups in total. The van der Waals surface area contributed by atoms with Crippen LogP contribution in [0.3, 0.4) is 0 Å². The molecule has 0 aliphatic carbocycles. The Labute approximate surface area is 122 Å². The highest BCUT2D eigenvalue weighted by molar-refractivity contribution is 5.96. The number of nitrogens with zero attached hydrogens (tertiary/aromatic N) is 2. The summed E-state index contributed by atoms with van der Waals surface area (Å²) in [6, 6.07) is 5.69. The maximum absolute atomic E-state index is 12.2. The molecule has 114 valence electrons. The van der Waals surface area contributed by atoms with E-state index in [0.717, 1.165) is 0 Å². The van der Waals surface area contributed by atoms with E-state index in [2.05, 4.69) is 5.32 Å². The van der Waals surface area contributed by atoms with Gasteiger partial charge in [-0.3, -0.25) is 19.8 Å². The van der Waals surface area contributed by atoms with Crippen molar-refractivity contribution in [2.24, 2.45) is 0 Å². The van der Waals surface area contributed by atoms with Gasteiger partial charge in [0.2, 0.25) is 5.91 Å². The lowest BCUT2D eigenvalue weighted by molar-refractivity contribution is -0.383. The van der Waals surface area contributed by atoms with Crippen molar-refractivity contribution in [2.45, 2.75) is 31.9 Å². The molecule has 1 aromatic rings. The van der Waals surface area contributed by atoms with E-state index in [0.29, 0.717) is 25.9 Å². The summed E-state index contributed by atoms with van der Waals surface area (Å²) in [6.07, 6.45) is 0.985. The molecule has 7 heteroatoms. The second-order valence-corrected chi connectivity index (χ2v) is 5.21. The fourth-order valence-electron chi connectivity index (χ4n) is 2.41. The molecule has 1 saturated heterocycles. The maximum atomic E-state index is 12.2. The van der Waals surface area contributed by atoms with E-state index in [1.807, 2.05) is 4.90 Å². The Balaban J connectivity index is 2.03. The number of aliphatic hydroxyl groups excluding tert-OH is 1. The van der Waals surface area contributed by atoms with Crippen LogP contribution in [-0.2, 0) is 4.79 Å². The Bertz CT molecular complexity index is 527. The smallest absolute Gasteiger partial charge is 0.292 e. The third-order valence-electron chi connectivity index (χ3n) is 3.78. The molecule has 0 radical (unpaired) electrons. The minimum atomic E-state index is -0.516. The fourth-order valence-corrected chi connectivity index (χ4v) is 2.41. The van der Waals surface area contributed by atoms with Gasteiger partial charge in [0, 0.05) is 19.2 Å². The van der Waals surface area contributed by atoms with Crippen LogP contribution in [0.2, 0.25) is 0 Å². The lowest BCUT2D eigenvalue weighted by Crippen LogP contribution is -2.47. The van der Waals surface area contributed by atoms with E-state index in [1.54, 1.807) is 19.1 Å². The van der Waals surface area contributed by atoms with Crippen molar-refractivity contribution in [1.29, 1.82) is 0 Å². The van der Waals surface area contributed by atoms with Crippen LogP contribution in [0.15, 0.2) is 24.3 Å². The number of anilines is 1. The van der Waals surface area contributed by atoms with Crippen molar-refractivity contribution in [2.75, 3.05) is 18.4 Å². The molecule has 1 heterocycles. The molecule has 0 saturated carbocycles. The molecule has 2 rings (SSSR count). The summed E-state index contributed by atoms with van der Waals surface area (Å²) in [5.74, 6) is -0.277. The van der Waals surface area contributed by atoms with Crippen molar-refractivity contribution >= 4 is 17.3 Å². The number of benzene rings is 1. The largest absolute Gasteiger partial charge is 0.393 e. The van der Waals surface area contributed by atoms with Gasteiger partial charge in [0.15, 0.2) is 0 Å². The molecular weight excluding hydrogens is 274 g/mol. The standard InChI is InChI=1S/C14H19N3O4/c1-10(16-8-6-11(18)7-9-16)14(19)15-12-4-2-3-5-13(12)17(20)21/h2-5,10-11,18H,6-9H2,1H3,(H,15,19)/t10-/m1/s1. The van der Waals surface area contributed by atoms with Crippen molar-refractivity contribution < 1.29 is 14.8 Å². The van der Waals surface area contributed by atoms with Crippen LogP contribution in [-0.4, -0.2) is 46.1 Å². The number of nitrogens with one attached hydrogen (secondary N) is 1. The van der Waals surface area contributed by atoms with E-state index in [9.17, 15) is 20.0 Å². The molecule has 1 amide bonds. The highest BCUT2D eigenvalue weighted by Gasteiger charge is 2.26. The van der Waals surface area contributed by atoms with Gasteiger partial charge in [-0.15, -0.1) is 0 Å². The first-order valence-electron chi connectivity index (χ1n) is 6.95. The number of amides is 1. The number of hydrogen-bond acceptors (Lipinski definition) is 5. The minimum Gasteiger partial charge on any atom is -0.393 e. The Kier molecular flexibility index (Phi) is 4.87. The molecule has 21 heavy (non-hydrogen) atoms. The average molecular weight is 293 g/mol. The molecule has 1 fully saturated rings. The number of piperidine rings is 1. The molecule has 1 aromatic carbocycles. The van der Waals surface area contributed by atoms with Crippen LogP contribution in [0, 0.1) is 10.1 Å². The average Bonchev–Trinajstić information content (AvgIpc) is 2.47. The van der Waals surface area contributed by atoms with Gasteiger partial charge in [0.05, 0.1) is 17.1 Å². The minimum absolute atomic E-state index is 0.118. The number of carbonyl (C=O) groups is 1. The summed E-state index contributed by atoms with van der Waals surface area (Å²) in [6.45, 7) is 3.06. The van der Waals surface area contributed by atoms with Gasteiger partial charge in [-0.05, 0) is 25.8 Å². The molecule has 1 aliphatic rings. The Hall–Kier alpha value is -1.99. The first-order valence-corrected chi connectivity index (χ1v) is 6.95. The quantitative estimate of drug-likeness (QED) is 0.646. The molecular formula is C14H19N3O4. The summed E-state index contributed by atoms with van der Waals surface area (Å²) in [5, 5.41) is 23.0. The number of likely N-dealkylation sites (tertiary alicyclic amines) is 1.